The molecular weight excluding hydrogens is 342 g/mol. The van der Waals surface area contributed by atoms with Gasteiger partial charge in [-0.05, 0) is 25.3 Å². The second-order valence-corrected chi connectivity index (χ2v) is 7.86. The predicted octanol–water partition coefficient (Wildman–Crippen LogP) is 1.93. The third kappa shape index (κ3) is 4.33. The van der Waals surface area contributed by atoms with E-state index in [4.69, 9.17) is 4.74 Å². The van der Waals surface area contributed by atoms with Crippen LogP contribution in [0.2, 0.25) is 0 Å². The Bertz CT molecular complexity index is 891. The first-order valence-electron chi connectivity index (χ1n) is 7.90. The van der Waals surface area contributed by atoms with Gasteiger partial charge in [0.2, 0.25) is 10.0 Å². The maximum atomic E-state index is 12.2. The highest BCUT2D eigenvalue weighted by Gasteiger charge is 2.30. The van der Waals surface area contributed by atoms with E-state index in [9.17, 15) is 13.2 Å². The van der Waals surface area contributed by atoms with Crippen LogP contribution >= 0.6 is 0 Å². The smallest absolute Gasteiger partial charge is 0.285 e. The van der Waals surface area contributed by atoms with Gasteiger partial charge in [-0.25, -0.2) is 13.1 Å². The number of carbonyl (C=O) groups excluding carboxylic acids is 1. The lowest BCUT2D eigenvalue weighted by Crippen LogP contribution is -2.32. The lowest BCUT2D eigenvalue weighted by atomic mass is 10.2. The number of methoxy groups -OCH3 is 1. The Morgan fingerprint density at radius 3 is 2.52 bits per heavy atom. The highest BCUT2D eigenvalue weighted by molar-refractivity contribution is 7.89. The van der Waals surface area contributed by atoms with Gasteiger partial charge in [0.1, 0.15) is 11.4 Å². The standard InChI is InChI=1S/C17H19N3O4S/c1-11-3-5-12(6-4-11)10-25(22,23)20-17(21)14-9-15(24-2)16(19-18-14)13-7-8-13/h3-6,9,13H,7-8,10H2,1-2H3,(H,20,21). The lowest BCUT2D eigenvalue weighted by Gasteiger charge is -2.09. The minimum absolute atomic E-state index is 0.0891. The summed E-state index contributed by atoms with van der Waals surface area (Å²) in [6, 6.07) is 8.50. The largest absolute Gasteiger partial charge is 0.495 e. The average Bonchev–Trinajstić information content (AvgIpc) is 3.40. The molecule has 1 fully saturated rings. The van der Waals surface area contributed by atoms with Crippen molar-refractivity contribution >= 4 is 15.9 Å². The number of benzene rings is 1. The summed E-state index contributed by atoms with van der Waals surface area (Å²) >= 11 is 0. The number of carbonyl (C=O) groups is 1. The number of nitrogens with zero attached hydrogens (tertiary/aromatic N) is 2. The second kappa shape index (κ2) is 6.79. The highest BCUT2D eigenvalue weighted by Crippen LogP contribution is 2.42. The van der Waals surface area contributed by atoms with Gasteiger partial charge in [-0.15, -0.1) is 5.10 Å². The zero-order chi connectivity index (χ0) is 18.0. The van der Waals surface area contributed by atoms with E-state index >= 15 is 0 Å². The third-order valence-corrected chi connectivity index (χ3v) is 5.14. The summed E-state index contributed by atoms with van der Waals surface area (Å²) in [7, 11) is -2.35. The number of nitrogens with one attached hydrogen (secondary N) is 1. The average molecular weight is 361 g/mol. The third-order valence-electron chi connectivity index (χ3n) is 3.93. The fraction of sp³-hybridized carbons (Fsp3) is 0.353. The normalized spacial score (nSPS) is 14.2. The first-order chi connectivity index (χ1) is 11.9. The number of aromatic nitrogens is 2. The molecule has 1 amide bonds. The van der Waals surface area contributed by atoms with Gasteiger partial charge in [0.15, 0.2) is 5.69 Å². The van der Waals surface area contributed by atoms with Crippen molar-refractivity contribution in [1.82, 2.24) is 14.9 Å². The van der Waals surface area contributed by atoms with Gasteiger partial charge in [-0.1, -0.05) is 29.8 Å². The van der Waals surface area contributed by atoms with Gasteiger partial charge in [0, 0.05) is 12.0 Å². The van der Waals surface area contributed by atoms with Crippen LogP contribution in [0.5, 0.6) is 5.75 Å². The van der Waals surface area contributed by atoms with Crippen LogP contribution in [0.3, 0.4) is 0 Å². The van der Waals surface area contributed by atoms with Crippen LogP contribution in [0.1, 0.15) is 46.1 Å². The Morgan fingerprint density at radius 2 is 1.92 bits per heavy atom. The number of ether oxygens (including phenoxy) is 1. The van der Waals surface area contributed by atoms with Gasteiger partial charge >= 0.3 is 0 Å². The van der Waals surface area contributed by atoms with Gasteiger partial charge in [-0.3, -0.25) is 4.79 Å². The maximum Gasteiger partial charge on any atom is 0.285 e. The Morgan fingerprint density at radius 1 is 1.24 bits per heavy atom. The van der Waals surface area contributed by atoms with E-state index < -0.39 is 15.9 Å². The van der Waals surface area contributed by atoms with Crippen LogP contribution in [-0.2, 0) is 15.8 Å². The summed E-state index contributed by atoms with van der Waals surface area (Å²) < 4.78 is 31.7. The Labute approximate surface area is 146 Å². The quantitative estimate of drug-likeness (QED) is 0.844. The number of hydrogen-bond donors (Lipinski definition) is 1. The van der Waals surface area contributed by atoms with Crippen molar-refractivity contribution in [2.75, 3.05) is 7.11 Å². The topological polar surface area (TPSA) is 98.2 Å². The molecule has 2 aromatic rings. The fourth-order valence-electron chi connectivity index (χ4n) is 2.43. The molecular formula is C17H19N3O4S. The molecule has 0 aliphatic heterocycles. The van der Waals surface area contributed by atoms with Gasteiger partial charge in [0.25, 0.3) is 5.91 Å². The predicted molar refractivity (Wildman–Crippen MR) is 91.8 cm³/mol. The molecule has 8 heteroatoms. The highest BCUT2D eigenvalue weighted by atomic mass is 32.2. The summed E-state index contributed by atoms with van der Waals surface area (Å²) in [5, 5.41) is 7.87. The van der Waals surface area contributed by atoms with Crippen molar-refractivity contribution < 1.29 is 17.9 Å². The van der Waals surface area contributed by atoms with E-state index in [1.54, 1.807) is 12.1 Å². The molecule has 3 rings (SSSR count). The van der Waals surface area contributed by atoms with Crippen molar-refractivity contribution in [2.24, 2.45) is 0 Å². The molecule has 0 spiro atoms. The summed E-state index contributed by atoms with van der Waals surface area (Å²) in [5.41, 5.74) is 2.25. The number of amides is 1. The molecule has 0 unspecified atom stereocenters. The molecule has 1 aliphatic rings. The lowest BCUT2D eigenvalue weighted by molar-refractivity contribution is 0.0975. The first kappa shape index (κ1) is 17.3. The van der Waals surface area contributed by atoms with Crippen LogP contribution < -0.4 is 9.46 Å². The summed E-state index contributed by atoms with van der Waals surface area (Å²) in [6.45, 7) is 1.91. The van der Waals surface area contributed by atoms with E-state index in [1.165, 1.54) is 13.2 Å². The van der Waals surface area contributed by atoms with Crippen molar-refractivity contribution in [3.8, 4) is 5.75 Å². The molecule has 1 aromatic carbocycles. The molecule has 1 heterocycles. The van der Waals surface area contributed by atoms with Crippen molar-refractivity contribution in [3.63, 3.8) is 0 Å². The zero-order valence-corrected chi connectivity index (χ0v) is 14.8. The van der Waals surface area contributed by atoms with Crippen LogP contribution in [0.25, 0.3) is 0 Å². The molecule has 7 nitrogen and oxygen atoms in total. The number of sulfonamides is 1. The van der Waals surface area contributed by atoms with Crippen molar-refractivity contribution in [1.29, 1.82) is 0 Å². The Balaban J connectivity index is 1.73. The first-order valence-corrected chi connectivity index (χ1v) is 9.55. The summed E-state index contributed by atoms with van der Waals surface area (Å²) in [5.74, 6) is -0.340. The van der Waals surface area contributed by atoms with Crippen LogP contribution in [-0.4, -0.2) is 31.6 Å². The van der Waals surface area contributed by atoms with E-state index in [1.807, 2.05) is 23.8 Å². The van der Waals surface area contributed by atoms with Crippen molar-refractivity contribution in [2.45, 2.75) is 31.4 Å². The molecule has 1 aromatic heterocycles. The Kier molecular flexibility index (Phi) is 4.71. The van der Waals surface area contributed by atoms with E-state index in [2.05, 4.69) is 10.2 Å². The monoisotopic (exact) mass is 361 g/mol. The van der Waals surface area contributed by atoms with Gasteiger partial charge in [0.05, 0.1) is 12.9 Å². The molecule has 132 valence electrons. The molecule has 0 radical (unpaired) electrons. The summed E-state index contributed by atoms with van der Waals surface area (Å²) in [6.07, 6.45) is 2.03. The molecule has 1 aliphatic carbocycles. The van der Waals surface area contributed by atoms with Crippen LogP contribution in [0.15, 0.2) is 30.3 Å². The number of hydrogen-bond acceptors (Lipinski definition) is 6. The van der Waals surface area contributed by atoms with Crippen molar-refractivity contribution in [3.05, 3.63) is 52.8 Å². The van der Waals surface area contributed by atoms with E-state index in [0.717, 1.165) is 18.4 Å². The second-order valence-electron chi connectivity index (χ2n) is 6.13. The maximum absolute atomic E-state index is 12.2. The zero-order valence-electron chi connectivity index (χ0n) is 14.0. The van der Waals surface area contributed by atoms with Crippen LogP contribution in [0.4, 0.5) is 0 Å². The number of rotatable bonds is 6. The number of aryl methyl sites for hydroxylation is 1. The van der Waals surface area contributed by atoms with Crippen LogP contribution in [0, 0.1) is 6.92 Å². The SMILES string of the molecule is COc1cc(C(=O)NS(=O)(=O)Cc2ccc(C)cc2)nnc1C1CC1. The van der Waals surface area contributed by atoms with E-state index in [0.29, 0.717) is 22.9 Å². The van der Waals surface area contributed by atoms with E-state index in [-0.39, 0.29) is 11.4 Å². The van der Waals surface area contributed by atoms with Gasteiger partial charge < -0.3 is 4.74 Å². The minimum Gasteiger partial charge on any atom is -0.495 e. The molecule has 0 saturated heterocycles. The van der Waals surface area contributed by atoms with Gasteiger partial charge in [-0.2, -0.15) is 5.10 Å². The molecule has 0 atom stereocenters. The fourth-order valence-corrected chi connectivity index (χ4v) is 3.52. The summed E-state index contributed by atoms with van der Waals surface area (Å²) in [4.78, 5) is 12.2. The molecule has 1 N–H and O–H groups in total. The Hall–Kier alpha value is -2.48. The molecule has 1 saturated carbocycles. The molecule has 0 bridgehead atoms. The minimum atomic E-state index is -3.84. The molecule has 25 heavy (non-hydrogen) atoms.